The minimum absolute atomic E-state index is 0.693. The molecule has 0 bridgehead atoms. The summed E-state index contributed by atoms with van der Waals surface area (Å²) in [5, 5.41) is 10.1. The van der Waals surface area contributed by atoms with Gasteiger partial charge in [0.25, 0.3) is 0 Å². The smallest absolute Gasteiger partial charge is 0.146 e. The Kier molecular flexibility index (Phi) is 3.63. The second-order valence-electron chi connectivity index (χ2n) is 4.81. The Morgan fingerprint density at radius 1 is 1.10 bits per heavy atom. The summed E-state index contributed by atoms with van der Waals surface area (Å²) in [5.74, 6) is 0.972. The molecular weight excluding hydrogens is 248 g/mol. The largest absolute Gasteiger partial charge is 0.378 e. The molecule has 1 N–H and O–H groups in total. The van der Waals surface area contributed by atoms with Crippen molar-refractivity contribution in [3.05, 3.63) is 54.6 Å². The van der Waals surface area contributed by atoms with Gasteiger partial charge in [0.2, 0.25) is 0 Å². The monoisotopic (exact) mass is 266 g/mol. The molecule has 0 saturated heterocycles. The Hall–Kier alpha value is -2.36. The maximum absolute atomic E-state index is 4.30. The van der Waals surface area contributed by atoms with Crippen molar-refractivity contribution in [2.45, 2.75) is 26.4 Å². The summed E-state index contributed by atoms with van der Waals surface area (Å²) in [4.78, 5) is 4.30. The van der Waals surface area contributed by atoms with Crippen LogP contribution in [-0.4, -0.2) is 14.8 Å². The van der Waals surface area contributed by atoms with Crippen LogP contribution in [0.2, 0.25) is 0 Å². The highest BCUT2D eigenvalue weighted by atomic mass is 15.3. The number of fused-ring (bicyclic) bond motifs is 1. The first-order chi connectivity index (χ1) is 9.86. The predicted molar refractivity (Wildman–Crippen MR) is 81.6 cm³/mol. The average molecular weight is 266 g/mol. The van der Waals surface area contributed by atoms with Crippen LogP contribution in [0.4, 0.5) is 5.69 Å². The molecule has 0 radical (unpaired) electrons. The van der Waals surface area contributed by atoms with Crippen molar-refractivity contribution in [2.24, 2.45) is 0 Å². The lowest BCUT2D eigenvalue weighted by Gasteiger charge is -2.08. The van der Waals surface area contributed by atoms with E-state index >= 15 is 0 Å². The summed E-state index contributed by atoms with van der Waals surface area (Å²) in [6.07, 6.45) is 2.68. The van der Waals surface area contributed by atoms with Crippen LogP contribution in [-0.2, 0) is 13.1 Å². The van der Waals surface area contributed by atoms with Crippen molar-refractivity contribution in [3.63, 3.8) is 0 Å². The number of hydrogen-bond acceptors (Lipinski definition) is 3. The van der Waals surface area contributed by atoms with Gasteiger partial charge in [-0.3, -0.25) is 0 Å². The van der Waals surface area contributed by atoms with E-state index in [2.05, 4.69) is 64.8 Å². The molecule has 0 aliphatic carbocycles. The van der Waals surface area contributed by atoms with Crippen molar-refractivity contribution in [3.8, 4) is 0 Å². The lowest BCUT2D eigenvalue weighted by molar-refractivity contribution is 0.574. The number of benzene rings is 2. The van der Waals surface area contributed by atoms with E-state index in [0.717, 1.165) is 24.5 Å². The highest BCUT2D eigenvalue weighted by molar-refractivity contribution is 5.85. The topological polar surface area (TPSA) is 42.7 Å². The van der Waals surface area contributed by atoms with Crippen molar-refractivity contribution in [1.82, 2.24) is 14.8 Å². The van der Waals surface area contributed by atoms with Gasteiger partial charge in [-0.15, -0.1) is 0 Å². The molecular formula is C16H18N4. The number of aromatic nitrogens is 3. The van der Waals surface area contributed by atoms with Crippen molar-refractivity contribution in [2.75, 3.05) is 5.32 Å². The standard InChI is InChI=1S/C16H18N4/c1-2-9-20-16(18-12-19-20)11-17-15-8-7-13-5-3-4-6-14(13)10-15/h3-8,10,12,17H,2,9,11H2,1H3. The summed E-state index contributed by atoms with van der Waals surface area (Å²) >= 11 is 0. The zero-order valence-electron chi connectivity index (χ0n) is 11.6. The van der Waals surface area contributed by atoms with Gasteiger partial charge in [-0.1, -0.05) is 37.3 Å². The second kappa shape index (κ2) is 5.74. The van der Waals surface area contributed by atoms with Gasteiger partial charge in [0, 0.05) is 12.2 Å². The van der Waals surface area contributed by atoms with Gasteiger partial charge in [0.05, 0.1) is 6.54 Å². The Morgan fingerprint density at radius 2 is 1.95 bits per heavy atom. The third kappa shape index (κ3) is 2.64. The summed E-state index contributed by atoms with van der Waals surface area (Å²) < 4.78 is 1.95. The fraction of sp³-hybridized carbons (Fsp3) is 0.250. The number of nitrogens with one attached hydrogen (secondary N) is 1. The van der Waals surface area contributed by atoms with Gasteiger partial charge in [0.1, 0.15) is 12.2 Å². The van der Waals surface area contributed by atoms with Crippen LogP contribution in [0.25, 0.3) is 10.8 Å². The molecule has 0 unspecified atom stereocenters. The van der Waals surface area contributed by atoms with Crippen LogP contribution < -0.4 is 5.32 Å². The molecule has 4 nitrogen and oxygen atoms in total. The van der Waals surface area contributed by atoms with Crippen LogP contribution >= 0.6 is 0 Å². The fourth-order valence-electron chi connectivity index (χ4n) is 2.30. The first-order valence-corrected chi connectivity index (χ1v) is 6.96. The Bertz CT molecular complexity index is 702. The molecule has 2 aromatic carbocycles. The highest BCUT2D eigenvalue weighted by Crippen LogP contribution is 2.19. The lowest BCUT2D eigenvalue weighted by atomic mass is 10.1. The SMILES string of the molecule is CCCn1ncnc1CNc1ccc2ccccc2c1. The van der Waals surface area contributed by atoms with Crippen molar-refractivity contribution >= 4 is 16.5 Å². The summed E-state index contributed by atoms with van der Waals surface area (Å²) in [6, 6.07) is 14.8. The quantitative estimate of drug-likeness (QED) is 0.769. The van der Waals surface area contributed by atoms with E-state index in [0.29, 0.717) is 6.54 Å². The van der Waals surface area contributed by atoms with Gasteiger partial charge in [-0.25, -0.2) is 9.67 Å². The summed E-state index contributed by atoms with van der Waals surface area (Å²) in [5.41, 5.74) is 1.11. The van der Waals surface area contributed by atoms with E-state index in [1.165, 1.54) is 10.8 Å². The average Bonchev–Trinajstić information content (AvgIpc) is 2.93. The number of anilines is 1. The molecule has 1 aromatic heterocycles. The molecule has 4 heteroatoms. The zero-order chi connectivity index (χ0) is 13.8. The molecule has 0 spiro atoms. The third-order valence-corrected chi connectivity index (χ3v) is 3.33. The van der Waals surface area contributed by atoms with E-state index in [9.17, 15) is 0 Å². The van der Waals surface area contributed by atoms with Crippen molar-refractivity contribution in [1.29, 1.82) is 0 Å². The number of nitrogens with zero attached hydrogens (tertiary/aromatic N) is 3. The zero-order valence-corrected chi connectivity index (χ0v) is 11.6. The Labute approximate surface area is 118 Å². The first-order valence-electron chi connectivity index (χ1n) is 6.96. The van der Waals surface area contributed by atoms with E-state index in [4.69, 9.17) is 0 Å². The molecule has 20 heavy (non-hydrogen) atoms. The van der Waals surface area contributed by atoms with Gasteiger partial charge in [0.15, 0.2) is 0 Å². The van der Waals surface area contributed by atoms with Crippen LogP contribution in [0.3, 0.4) is 0 Å². The Balaban J connectivity index is 1.74. The minimum atomic E-state index is 0.693. The molecule has 0 fully saturated rings. The molecule has 3 rings (SSSR count). The van der Waals surface area contributed by atoms with Gasteiger partial charge in [-0.2, -0.15) is 5.10 Å². The molecule has 1 heterocycles. The maximum Gasteiger partial charge on any atom is 0.146 e. The third-order valence-electron chi connectivity index (χ3n) is 3.33. The molecule has 102 valence electrons. The van der Waals surface area contributed by atoms with Crippen LogP contribution in [0.1, 0.15) is 19.2 Å². The molecule has 3 aromatic rings. The number of hydrogen-bond donors (Lipinski definition) is 1. The van der Waals surface area contributed by atoms with E-state index in [1.54, 1.807) is 6.33 Å². The van der Waals surface area contributed by atoms with Crippen LogP contribution in [0, 0.1) is 0 Å². The highest BCUT2D eigenvalue weighted by Gasteiger charge is 2.03. The molecule has 0 aliphatic heterocycles. The van der Waals surface area contributed by atoms with E-state index < -0.39 is 0 Å². The first kappa shape index (κ1) is 12.7. The Morgan fingerprint density at radius 3 is 2.80 bits per heavy atom. The summed E-state index contributed by atoms with van der Waals surface area (Å²) in [7, 11) is 0. The summed E-state index contributed by atoms with van der Waals surface area (Å²) in [6.45, 7) is 3.75. The molecule has 0 aliphatic rings. The minimum Gasteiger partial charge on any atom is -0.378 e. The molecule has 0 saturated carbocycles. The van der Waals surface area contributed by atoms with Gasteiger partial charge >= 0.3 is 0 Å². The van der Waals surface area contributed by atoms with Crippen molar-refractivity contribution < 1.29 is 0 Å². The van der Waals surface area contributed by atoms with E-state index in [1.807, 2.05) is 4.68 Å². The van der Waals surface area contributed by atoms with E-state index in [-0.39, 0.29) is 0 Å². The molecule has 0 amide bonds. The molecule has 0 atom stereocenters. The van der Waals surface area contributed by atoms with Gasteiger partial charge in [-0.05, 0) is 29.3 Å². The van der Waals surface area contributed by atoms with Crippen LogP contribution in [0.5, 0.6) is 0 Å². The van der Waals surface area contributed by atoms with Crippen LogP contribution in [0.15, 0.2) is 48.8 Å². The predicted octanol–water partition coefficient (Wildman–Crippen LogP) is 3.45. The fourth-order valence-corrected chi connectivity index (χ4v) is 2.30. The lowest BCUT2D eigenvalue weighted by Crippen LogP contribution is -2.10. The second-order valence-corrected chi connectivity index (χ2v) is 4.81. The maximum atomic E-state index is 4.30. The normalized spacial score (nSPS) is 10.8. The van der Waals surface area contributed by atoms with Gasteiger partial charge < -0.3 is 5.32 Å². The number of rotatable bonds is 5. The number of aryl methyl sites for hydroxylation is 1.